The highest BCUT2D eigenvalue weighted by molar-refractivity contribution is 5.70. The first kappa shape index (κ1) is 9.71. The predicted octanol–water partition coefficient (Wildman–Crippen LogP) is 2.95. The van der Waals surface area contributed by atoms with Gasteiger partial charge in [0.2, 0.25) is 0 Å². The van der Waals surface area contributed by atoms with Gasteiger partial charge in [-0.2, -0.15) is 0 Å². The van der Waals surface area contributed by atoms with Gasteiger partial charge in [-0.1, -0.05) is 6.07 Å². The first-order chi connectivity index (χ1) is 7.18. The average Bonchev–Trinajstić information content (AvgIpc) is 2.26. The molecule has 0 unspecified atom stereocenters. The number of aryl methyl sites for hydroxylation is 1. The van der Waals surface area contributed by atoms with E-state index in [1.54, 1.807) is 12.4 Å². The zero-order chi connectivity index (χ0) is 10.8. The number of benzene rings is 1. The van der Waals surface area contributed by atoms with E-state index >= 15 is 0 Å². The molecule has 2 heteroatoms. The largest absolute Gasteiger partial charge is 0.398 e. The second-order valence-electron chi connectivity index (χ2n) is 3.74. The molecule has 0 atom stereocenters. The van der Waals surface area contributed by atoms with Crippen LogP contribution < -0.4 is 5.73 Å². The fourth-order valence-electron chi connectivity index (χ4n) is 1.60. The molecule has 2 rings (SSSR count). The summed E-state index contributed by atoms with van der Waals surface area (Å²) >= 11 is 0. The molecular formula is C13H14N2. The van der Waals surface area contributed by atoms with E-state index in [0.29, 0.717) is 0 Å². The number of hydrogen-bond acceptors (Lipinski definition) is 2. The van der Waals surface area contributed by atoms with E-state index in [1.165, 1.54) is 5.56 Å². The highest BCUT2D eigenvalue weighted by Crippen LogP contribution is 2.25. The van der Waals surface area contributed by atoms with Gasteiger partial charge in [0.05, 0.1) is 0 Å². The van der Waals surface area contributed by atoms with E-state index in [-0.39, 0.29) is 0 Å². The van der Waals surface area contributed by atoms with Gasteiger partial charge in [-0.05, 0) is 54.3 Å². The molecule has 15 heavy (non-hydrogen) atoms. The summed E-state index contributed by atoms with van der Waals surface area (Å²) in [6.45, 7) is 4.12. The van der Waals surface area contributed by atoms with Gasteiger partial charge in [0, 0.05) is 18.1 Å². The third-order valence-corrected chi connectivity index (χ3v) is 2.72. The molecule has 1 aromatic carbocycles. The van der Waals surface area contributed by atoms with Crippen molar-refractivity contribution < 1.29 is 0 Å². The molecule has 0 saturated heterocycles. The van der Waals surface area contributed by atoms with Gasteiger partial charge < -0.3 is 5.73 Å². The summed E-state index contributed by atoms with van der Waals surface area (Å²) in [6.07, 6.45) is 3.58. The van der Waals surface area contributed by atoms with Crippen LogP contribution in [0.4, 0.5) is 5.69 Å². The fraction of sp³-hybridized carbons (Fsp3) is 0.154. The molecule has 1 aromatic heterocycles. The second kappa shape index (κ2) is 3.73. The van der Waals surface area contributed by atoms with Gasteiger partial charge in [0.25, 0.3) is 0 Å². The van der Waals surface area contributed by atoms with Crippen LogP contribution in [-0.4, -0.2) is 4.98 Å². The van der Waals surface area contributed by atoms with Gasteiger partial charge in [-0.3, -0.25) is 4.98 Å². The Bertz CT molecular complexity index is 452. The molecule has 0 saturated carbocycles. The molecule has 0 spiro atoms. The first-order valence-corrected chi connectivity index (χ1v) is 4.95. The Balaban J connectivity index is 2.56. The first-order valence-electron chi connectivity index (χ1n) is 4.95. The zero-order valence-corrected chi connectivity index (χ0v) is 8.99. The van der Waals surface area contributed by atoms with Crippen molar-refractivity contribution in [3.8, 4) is 11.1 Å². The van der Waals surface area contributed by atoms with Crippen LogP contribution in [0.5, 0.6) is 0 Å². The number of nitrogen functional groups attached to an aromatic ring is 1. The number of anilines is 1. The Labute approximate surface area is 89.8 Å². The minimum atomic E-state index is 0.849. The standard InChI is InChI=1S/C13H14N2/c1-9-7-12(8-13(14)10(9)2)11-3-5-15-6-4-11/h3-8H,14H2,1-2H3. The fourth-order valence-corrected chi connectivity index (χ4v) is 1.60. The Kier molecular flexibility index (Phi) is 2.42. The van der Waals surface area contributed by atoms with Gasteiger partial charge in [0.15, 0.2) is 0 Å². The highest BCUT2D eigenvalue weighted by Gasteiger charge is 2.03. The Morgan fingerprint density at radius 1 is 1.00 bits per heavy atom. The summed E-state index contributed by atoms with van der Waals surface area (Å²) in [5.41, 5.74) is 11.5. The van der Waals surface area contributed by atoms with Crippen molar-refractivity contribution in [3.05, 3.63) is 47.8 Å². The number of aromatic nitrogens is 1. The summed E-state index contributed by atoms with van der Waals surface area (Å²) in [6, 6.07) is 8.14. The third kappa shape index (κ3) is 1.84. The molecule has 0 amide bonds. The van der Waals surface area contributed by atoms with Gasteiger partial charge in [-0.25, -0.2) is 0 Å². The molecule has 0 aliphatic carbocycles. The highest BCUT2D eigenvalue weighted by atomic mass is 14.6. The summed E-state index contributed by atoms with van der Waals surface area (Å²) < 4.78 is 0. The van der Waals surface area contributed by atoms with E-state index in [1.807, 2.05) is 25.1 Å². The molecule has 0 aliphatic heterocycles. The van der Waals surface area contributed by atoms with Crippen LogP contribution >= 0.6 is 0 Å². The normalized spacial score (nSPS) is 10.3. The second-order valence-corrected chi connectivity index (χ2v) is 3.74. The lowest BCUT2D eigenvalue weighted by Crippen LogP contribution is -1.93. The van der Waals surface area contributed by atoms with Crippen LogP contribution in [0.15, 0.2) is 36.7 Å². The Hall–Kier alpha value is -1.83. The van der Waals surface area contributed by atoms with Crippen molar-refractivity contribution in [1.29, 1.82) is 0 Å². The molecular weight excluding hydrogens is 184 g/mol. The molecule has 0 bridgehead atoms. The molecule has 1 heterocycles. The van der Waals surface area contributed by atoms with E-state index in [2.05, 4.69) is 18.0 Å². The lowest BCUT2D eigenvalue weighted by Gasteiger charge is -2.08. The molecule has 2 N–H and O–H groups in total. The van der Waals surface area contributed by atoms with E-state index in [0.717, 1.165) is 22.4 Å². The minimum Gasteiger partial charge on any atom is -0.398 e. The van der Waals surface area contributed by atoms with Crippen LogP contribution in [0.3, 0.4) is 0 Å². The van der Waals surface area contributed by atoms with Crippen LogP contribution in [-0.2, 0) is 0 Å². The minimum absolute atomic E-state index is 0.849. The molecule has 0 radical (unpaired) electrons. The summed E-state index contributed by atoms with van der Waals surface area (Å²) in [4.78, 5) is 4.00. The van der Waals surface area contributed by atoms with E-state index in [4.69, 9.17) is 5.73 Å². The number of nitrogens with zero attached hydrogens (tertiary/aromatic N) is 1. The maximum atomic E-state index is 5.94. The third-order valence-electron chi connectivity index (χ3n) is 2.72. The van der Waals surface area contributed by atoms with Crippen molar-refractivity contribution >= 4 is 5.69 Å². The van der Waals surface area contributed by atoms with Crippen LogP contribution in [0.2, 0.25) is 0 Å². The number of pyridine rings is 1. The number of nitrogens with two attached hydrogens (primary N) is 1. The average molecular weight is 198 g/mol. The van der Waals surface area contributed by atoms with Crippen LogP contribution in [0.1, 0.15) is 11.1 Å². The van der Waals surface area contributed by atoms with Crippen LogP contribution in [0.25, 0.3) is 11.1 Å². The SMILES string of the molecule is Cc1cc(-c2ccncc2)cc(N)c1C. The maximum Gasteiger partial charge on any atom is 0.0352 e. The van der Waals surface area contributed by atoms with Crippen molar-refractivity contribution in [1.82, 2.24) is 4.98 Å². The summed E-state index contributed by atoms with van der Waals surface area (Å²) in [7, 11) is 0. The Morgan fingerprint density at radius 2 is 1.67 bits per heavy atom. The quantitative estimate of drug-likeness (QED) is 0.715. The molecule has 2 aromatic rings. The smallest absolute Gasteiger partial charge is 0.0352 e. The predicted molar refractivity (Wildman–Crippen MR) is 63.6 cm³/mol. The zero-order valence-electron chi connectivity index (χ0n) is 8.99. The van der Waals surface area contributed by atoms with E-state index in [9.17, 15) is 0 Å². The van der Waals surface area contributed by atoms with Crippen LogP contribution in [0, 0.1) is 13.8 Å². The topological polar surface area (TPSA) is 38.9 Å². The van der Waals surface area contributed by atoms with Crippen molar-refractivity contribution in [2.24, 2.45) is 0 Å². The molecule has 0 aliphatic rings. The lowest BCUT2D eigenvalue weighted by molar-refractivity contribution is 1.32. The number of rotatable bonds is 1. The lowest BCUT2D eigenvalue weighted by atomic mass is 10.00. The van der Waals surface area contributed by atoms with Gasteiger partial charge in [-0.15, -0.1) is 0 Å². The summed E-state index contributed by atoms with van der Waals surface area (Å²) in [5.74, 6) is 0. The maximum absolute atomic E-state index is 5.94. The van der Waals surface area contributed by atoms with Crippen molar-refractivity contribution in [2.75, 3.05) is 5.73 Å². The van der Waals surface area contributed by atoms with Crippen molar-refractivity contribution in [3.63, 3.8) is 0 Å². The van der Waals surface area contributed by atoms with Gasteiger partial charge in [0.1, 0.15) is 0 Å². The molecule has 0 fully saturated rings. The monoisotopic (exact) mass is 198 g/mol. The summed E-state index contributed by atoms with van der Waals surface area (Å²) in [5, 5.41) is 0. The van der Waals surface area contributed by atoms with E-state index < -0.39 is 0 Å². The Morgan fingerprint density at radius 3 is 2.27 bits per heavy atom. The van der Waals surface area contributed by atoms with Gasteiger partial charge >= 0.3 is 0 Å². The van der Waals surface area contributed by atoms with Crippen molar-refractivity contribution in [2.45, 2.75) is 13.8 Å². The number of hydrogen-bond donors (Lipinski definition) is 1. The molecule has 76 valence electrons. The molecule has 2 nitrogen and oxygen atoms in total.